The third-order valence-corrected chi connectivity index (χ3v) is 3.64. The molecule has 0 aliphatic heterocycles. The number of nitriles is 1. The lowest BCUT2D eigenvalue weighted by Crippen LogP contribution is -2.04. The second-order valence-corrected chi connectivity index (χ2v) is 5.27. The van der Waals surface area contributed by atoms with Crippen molar-refractivity contribution in [2.24, 2.45) is 0 Å². The summed E-state index contributed by atoms with van der Waals surface area (Å²) in [6, 6.07) is 17.9. The van der Waals surface area contributed by atoms with Gasteiger partial charge in [-0.05, 0) is 24.6 Å². The van der Waals surface area contributed by atoms with Crippen molar-refractivity contribution < 1.29 is 4.74 Å². The van der Waals surface area contributed by atoms with Crippen molar-refractivity contribution in [2.45, 2.75) is 13.5 Å². The molecule has 3 aromatic rings. The maximum Gasteiger partial charge on any atom is 0.190 e. The minimum atomic E-state index is 0.311. The first-order valence-electron chi connectivity index (χ1n) is 7.25. The molecule has 0 spiro atoms. The lowest BCUT2D eigenvalue weighted by molar-refractivity contribution is 0.415. The number of nitrogens with zero attached hydrogens (tertiary/aromatic N) is 4. The zero-order chi connectivity index (χ0) is 16.2. The van der Waals surface area contributed by atoms with E-state index in [-0.39, 0.29) is 0 Å². The summed E-state index contributed by atoms with van der Waals surface area (Å²) >= 11 is 0. The van der Waals surface area contributed by atoms with Crippen LogP contribution in [0.2, 0.25) is 0 Å². The first kappa shape index (κ1) is 14.8. The molecule has 0 saturated heterocycles. The van der Waals surface area contributed by atoms with Crippen molar-refractivity contribution in [3.63, 3.8) is 0 Å². The molecule has 1 heterocycles. The molecule has 0 bridgehead atoms. The molecule has 0 radical (unpaired) electrons. The van der Waals surface area contributed by atoms with Gasteiger partial charge in [-0.1, -0.05) is 47.2 Å². The van der Waals surface area contributed by atoms with Crippen LogP contribution in [0, 0.1) is 18.3 Å². The van der Waals surface area contributed by atoms with E-state index >= 15 is 0 Å². The lowest BCUT2D eigenvalue weighted by Gasteiger charge is -2.08. The SMILES string of the molecule is COc1cccc(-c2c(C#N)nnn2Cc2ccc(C)cc2)c1. The van der Waals surface area contributed by atoms with E-state index in [0.29, 0.717) is 17.9 Å². The quantitative estimate of drug-likeness (QED) is 0.742. The van der Waals surface area contributed by atoms with Gasteiger partial charge in [0.15, 0.2) is 5.69 Å². The number of rotatable bonds is 4. The van der Waals surface area contributed by atoms with Gasteiger partial charge in [0.25, 0.3) is 0 Å². The molecule has 0 fully saturated rings. The van der Waals surface area contributed by atoms with Crippen LogP contribution in [0.25, 0.3) is 11.3 Å². The molecule has 0 amide bonds. The number of hydrogen-bond donors (Lipinski definition) is 0. The summed E-state index contributed by atoms with van der Waals surface area (Å²) in [6.45, 7) is 2.61. The van der Waals surface area contributed by atoms with Gasteiger partial charge in [-0.3, -0.25) is 0 Å². The molecule has 0 unspecified atom stereocenters. The number of ether oxygens (including phenoxy) is 1. The van der Waals surface area contributed by atoms with E-state index in [2.05, 4.69) is 47.6 Å². The van der Waals surface area contributed by atoms with Crippen LogP contribution in [0.1, 0.15) is 16.8 Å². The number of benzene rings is 2. The van der Waals surface area contributed by atoms with Gasteiger partial charge in [-0.15, -0.1) is 5.10 Å². The predicted octanol–water partition coefficient (Wildman–Crippen LogP) is 3.18. The minimum Gasteiger partial charge on any atom is -0.497 e. The molecule has 3 rings (SSSR count). The molecular formula is C18H16N4O. The zero-order valence-electron chi connectivity index (χ0n) is 13.0. The largest absolute Gasteiger partial charge is 0.497 e. The molecule has 1 aromatic heterocycles. The van der Waals surface area contributed by atoms with Crippen LogP contribution >= 0.6 is 0 Å². The van der Waals surface area contributed by atoms with Crippen LogP contribution in [-0.4, -0.2) is 22.1 Å². The fraction of sp³-hybridized carbons (Fsp3) is 0.167. The molecule has 5 heteroatoms. The molecule has 2 aromatic carbocycles. The van der Waals surface area contributed by atoms with Gasteiger partial charge in [-0.25, -0.2) is 4.68 Å². The minimum absolute atomic E-state index is 0.311. The smallest absolute Gasteiger partial charge is 0.190 e. The van der Waals surface area contributed by atoms with Gasteiger partial charge >= 0.3 is 0 Å². The van der Waals surface area contributed by atoms with E-state index < -0.39 is 0 Å². The van der Waals surface area contributed by atoms with Crippen LogP contribution in [0.5, 0.6) is 5.75 Å². The van der Waals surface area contributed by atoms with E-state index in [0.717, 1.165) is 16.9 Å². The molecule has 23 heavy (non-hydrogen) atoms. The second kappa shape index (κ2) is 6.32. The monoisotopic (exact) mass is 304 g/mol. The van der Waals surface area contributed by atoms with Crippen LogP contribution in [0.3, 0.4) is 0 Å². The predicted molar refractivity (Wildman–Crippen MR) is 87.0 cm³/mol. The first-order valence-corrected chi connectivity index (χ1v) is 7.25. The second-order valence-electron chi connectivity index (χ2n) is 5.27. The Bertz CT molecular complexity index is 859. The van der Waals surface area contributed by atoms with E-state index in [1.165, 1.54) is 5.56 Å². The van der Waals surface area contributed by atoms with Crippen LogP contribution in [-0.2, 0) is 6.54 Å². The molecule has 0 atom stereocenters. The van der Waals surface area contributed by atoms with Gasteiger partial charge < -0.3 is 4.74 Å². The summed E-state index contributed by atoms with van der Waals surface area (Å²) in [5.41, 5.74) is 4.18. The summed E-state index contributed by atoms with van der Waals surface area (Å²) in [4.78, 5) is 0. The molecule has 0 aliphatic carbocycles. The maximum atomic E-state index is 9.32. The van der Waals surface area contributed by atoms with Gasteiger partial charge in [0, 0.05) is 5.56 Å². The summed E-state index contributed by atoms with van der Waals surface area (Å²) in [6.07, 6.45) is 0. The zero-order valence-corrected chi connectivity index (χ0v) is 13.0. The summed E-state index contributed by atoms with van der Waals surface area (Å²) in [5.74, 6) is 0.731. The van der Waals surface area contributed by atoms with Crippen molar-refractivity contribution in [2.75, 3.05) is 7.11 Å². The van der Waals surface area contributed by atoms with Gasteiger partial charge in [0.2, 0.25) is 0 Å². The standard InChI is InChI=1S/C18H16N4O/c1-13-6-8-14(9-7-13)12-22-18(17(11-19)20-21-22)15-4-3-5-16(10-15)23-2/h3-10H,12H2,1-2H3. The maximum absolute atomic E-state index is 9.32. The van der Waals surface area contributed by atoms with Gasteiger partial charge in [0.05, 0.1) is 13.7 Å². The number of methoxy groups -OCH3 is 1. The summed E-state index contributed by atoms with van der Waals surface area (Å²) < 4.78 is 7.01. The number of hydrogen-bond acceptors (Lipinski definition) is 4. The highest BCUT2D eigenvalue weighted by molar-refractivity contribution is 5.66. The van der Waals surface area contributed by atoms with Gasteiger partial charge in [-0.2, -0.15) is 5.26 Å². The Morgan fingerprint density at radius 1 is 1.17 bits per heavy atom. The van der Waals surface area contributed by atoms with E-state index in [4.69, 9.17) is 4.74 Å². The number of aryl methyl sites for hydroxylation is 1. The Kier molecular flexibility index (Phi) is 4.07. The van der Waals surface area contributed by atoms with Crippen LogP contribution in [0.4, 0.5) is 0 Å². The first-order chi connectivity index (χ1) is 11.2. The van der Waals surface area contributed by atoms with Crippen molar-refractivity contribution in [1.29, 1.82) is 5.26 Å². The molecule has 0 saturated carbocycles. The number of aromatic nitrogens is 3. The Balaban J connectivity index is 2.03. The molecular weight excluding hydrogens is 288 g/mol. The Morgan fingerprint density at radius 2 is 1.96 bits per heavy atom. The fourth-order valence-electron chi connectivity index (χ4n) is 2.42. The molecule has 0 aliphatic rings. The van der Waals surface area contributed by atoms with Crippen LogP contribution < -0.4 is 4.74 Å². The van der Waals surface area contributed by atoms with Crippen molar-refractivity contribution in [1.82, 2.24) is 15.0 Å². The lowest BCUT2D eigenvalue weighted by atomic mass is 10.1. The van der Waals surface area contributed by atoms with Crippen molar-refractivity contribution >= 4 is 0 Å². The third-order valence-electron chi connectivity index (χ3n) is 3.64. The Labute approximate surface area is 134 Å². The van der Waals surface area contributed by atoms with Crippen molar-refractivity contribution in [3.05, 3.63) is 65.4 Å². The van der Waals surface area contributed by atoms with E-state index in [1.807, 2.05) is 24.3 Å². The van der Waals surface area contributed by atoms with Crippen LogP contribution in [0.15, 0.2) is 48.5 Å². The molecule has 0 N–H and O–H groups in total. The van der Waals surface area contributed by atoms with Gasteiger partial charge in [0.1, 0.15) is 17.5 Å². The average molecular weight is 304 g/mol. The average Bonchev–Trinajstić information content (AvgIpc) is 2.99. The fourth-order valence-corrected chi connectivity index (χ4v) is 2.42. The highest BCUT2D eigenvalue weighted by Crippen LogP contribution is 2.26. The van der Waals surface area contributed by atoms with E-state index in [1.54, 1.807) is 11.8 Å². The summed E-state index contributed by atoms with van der Waals surface area (Å²) in [5, 5.41) is 17.5. The molecule has 5 nitrogen and oxygen atoms in total. The highest BCUT2D eigenvalue weighted by atomic mass is 16.5. The Hall–Kier alpha value is -3.13. The van der Waals surface area contributed by atoms with E-state index in [9.17, 15) is 5.26 Å². The third kappa shape index (κ3) is 3.06. The molecule has 114 valence electrons. The Morgan fingerprint density at radius 3 is 2.65 bits per heavy atom. The normalized spacial score (nSPS) is 10.3. The summed E-state index contributed by atoms with van der Waals surface area (Å²) in [7, 11) is 1.62. The topological polar surface area (TPSA) is 63.7 Å². The highest BCUT2D eigenvalue weighted by Gasteiger charge is 2.15. The van der Waals surface area contributed by atoms with Crippen molar-refractivity contribution in [3.8, 4) is 23.1 Å².